The molecule has 0 bridgehead atoms. The summed E-state index contributed by atoms with van der Waals surface area (Å²) >= 11 is 0. The molecule has 8 aliphatic carbocycles. The lowest BCUT2D eigenvalue weighted by molar-refractivity contribution is -0.221. The van der Waals surface area contributed by atoms with E-state index in [2.05, 4.69) is 0 Å². The number of aliphatic hydroxyl groups excluding tert-OH is 2. The molecule has 12 nitrogen and oxygen atoms in total. The first-order valence-corrected chi connectivity index (χ1v) is 27.4. The van der Waals surface area contributed by atoms with Crippen molar-refractivity contribution in [2.45, 2.75) is 127 Å². The van der Waals surface area contributed by atoms with Crippen molar-refractivity contribution in [1.29, 1.82) is 0 Å². The van der Waals surface area contributed by atoms with Crippen LogP contribution in [0.5, 0.6) is 0 Å². The van der Waals surface area contributed by atoms with Gasteiger partial charge in [-0.25, -0.2) is 27.2 Å². The average molecular weight is 1040 g/mol. The Morgan fingerprint density at radius 3 is 1.37 bits per heavy atom. The molecule has 0 radical (unpaired) electrons. The topological polar surface area (TPSA) is 188 Å². The van der Waals surface area contributed by atoms with Crippen molar-refractivity contribution < 1.29 is 74.8 Å². The van der Waals surface area contributed by atoms with Crippen LogP contribution < -0.4 is 0 Å². The number of alkyl halides is 4. The maximum absolute atomic E-state index is 18.2. The summed E-state index contributed by atoms with van der Waals surface area (Å²) in [6, 6.07) is 5.54. The number of aliphatic hydroxyl groups is 2. The van der Waals surface area contributed by atoms with Crippen LogP contribution in [0.25, 0.3) is 0 Å². The Balaban J connectivity index is 0.987. The van der Waals surface area contributed by atoms with Gasteiger partial charge in [-0.2, -0.15) is 0 Å². The third kappa shape index (κ3) is 6.46. The highest BCUT2D eigenvalue weighted by molar-refractivity contribution is 9.14. The maximum atomic E-state index is 18.2. The van der Waals surface area contributed by atoms with Gasteiger partial charge in [0.25, 0.3) is 0 Å². The maximum Gasteiger partial charge on any atom is 0.375 e. The summed E-state index contributed by atoms with van der Waals surface area (Å²) in [6.45, 7) is 9.41. The van der Waals surface area contributed by atoms with E-state index in [9.17, 15) is 29.4 Å². The molecule has 2 heterocycles. The molecular formula is C52H54F4O12S3. The van der Waals surface area contributed by atoms with E-state index in [1.54, 1.807) is 27.7 Å². The number of rotatable bonds is 8. The Labute approximate surface area is 418 Å². The minimum atomic E-state index is -2.51. The van der Waals surface area contributed by atoms with Crippen LogP contribution in [0.3, 0.4) is 0 Å². The van der Waals surface area contributed by atoms with Crippen molar-refractivity contribution in [2.75, 3.05) is 0 Å². The van der Waals surface area contributed by atoms with Crippen LogP contribution in [0.2, 0.25) is 0 Å². The zero-order valence-corrected chi connectivity index (χ0v) is 42.1. The largest absolute Gasteiger partial charge is 0.457 e. The second kappa shape index (κ2) is 16.7. The van der Waals surface area contributed by atoms with E-state index in [4.69, 9.17) is 18.3 Å². The molecule has 0 spiro atoms. The number of ether oxygens (including phenoxy) is 2. The van der Waals surface area contributed by atoms with Gasteiger partial charge < -0.3 is 28.5 Å². The van der Waals surface area contributed by atoms with Crippen molar-refractivity contribution in [3.05, 3.63) is 95.9 Å². The van der Waals surface area contributed by atoms with E-state index in [0.717, 1.165) is 24.3 Å². The summed E-state index contributed by atoms with van der Waals surface area (Å²) in [4.78, 5) is 83.6. The SMILES string of the molecule is C[C@@H]1C[C@H]2[C@@H]3C[C@H](F)C4=CC(=O)C=C[C@]4(C)[C@@]3(F)[C@@H](O)C[C@]2(C)[C@@]1(OC(=O)c1ccco1)C(=O)SSSC(=O)[C@@]1(OC(=O)c2ccco2)[C@H](C)C[C@H]2[C@@H]3C[C@H](F)C4=CC(=O)C=C[C@]4(C)[C@@]3(F)[C@@H](O)C[C@@]21C. The van der Waals surface area contributed by atoms with E-state index in [0.29, 0.717) is 31.4 Å². The summed E-state index contributed by atoms with van der Waals surface area (Å²) in [6.07, 6.45) is 0.634. The first-order valence-electron chi connectivity index (χ1n) is 23.9. The predicted molar refractivity (Wildman–Crippen MR) is 253 cm³/mol. The molecule has 380 valence electrons. The lowest BCUT2D eigenvalue weighted by Gasteiger charge is -2.63. The minimum Gasteiger partial charge on any atom is -0.457 e. The molecule has 0 unspecified atom stereocenters. The zero-order chi connectivity index (χ0) is 51.2. The molecule has 0 aliphatic heterocycles. The number of carbonyl (C=O) groups is 6. The van der Waals surface area contributed by atoms with Crippen LogP contribution in [0.1, 0.15) is 101 Å². The number of allylic oxidation sites excluding steroid dienone is 8. The summed E-state index contributed by atoms with van der Waals surface area (Å²) < 4.78 is 92.6. The van der Waals surface area contributed by atoms with Gasteiger partial charge in [0, 0.05) is 45.3 Å². The van der Waals surface area contributed by atoms with Gasteiger partial charge in [0.15, 0.2) is 34.1 Å². The van der Waals surface area contributed by atoms with Gasteiger partial charge in [-0.1, -0.05) is 39.8 Å². The molecule has 6 saturated carbocycles. The van der Waals surface area contributed by atoms with Gasteiger partial charge in [0.1, 0.15) is 12.3 Å². The smallest absolute Gasteiger partial charge is 0.375 e. The third-order valence-electron chi connectivity index (χ3n) is 19.1. The number of furan rings is 2. The van der Waals surface area contributed by atoms with Gasteiger partial charge in [0.2, 0.25) is 21.8 Å². The fraction of sp³-hybridized carbons (Fsp3) is 0.577. The van der Waals surface area contributed by atoms with Gasteiger partial charge in [-0.3, -0.25) is 19.2 Å². The molecule has 6 fully saturated rings. The van der Waals surface area contributed by atoms with E-state index in [1.165, 1.54) is 62.8 Å². The first kappa shape index (κ1) is 50.4. The van der Waals surface area contributed by atoms with E-state index >= 15 is 27.2 Å². The van der Waals surface area contributed by atoms with Crippen LogP contribution in [0.15, 0.2) is 93.2 Å². The minimum absolute atomic E-state index is 0.0450. The molecule has 10 rings (SSSR count). The fourth-order valence-corrected chi connectivity index (χ4v) is 19.8. The Morgan fingerprint density at radius 2 is 1.01 bits per heavy atom. The Bertz CT molecular complexity index is 2560. The van der Waals surface area contributed by atoms with Gasteiger partial charge >= 0.3 is 11.9 Å². The third-order valence-corrected chi connectivity index (χ3v) is 22.7. The summed E-state index contributed by atoms with van der Waals surface area (Å²) in [7, 11) is 1.71. The summed E-state index contributed by atoms with van der Waals surface area (Å²) in [5.74, 6) is -9.58. The zero-order valence-electron chi connectivity index (χ0n) is 39.7. The van der Waals surface area contributed by atoms with Crippen molar-refractivity contribution in [1.82, 2.24) is 0 Å². The number of fused-ring (bicyclic) bond motifs is 10. The number of esters is 2. The van der Waals surface area contributed by atoms with Crippen molar-refractivity contribution in [2.24, 2.45) is 57.2 Å². The number of hydrogen-bond donors (Lipinski definition) is 2. The molecule has 8 aliphatic rings. The number of carbonyl (C=O) groups excluding carboxylic acids is 6. The predicted octanol–water partition coefficient (Wildman–Crippen LogP) is 9.58. The molecule has 0 amide bonds. The fourth-order valence-electron chi connectivity index (χ4n) is 15.8. The highest BCUT2D eigenvalue weighted by atomic mass is 33.5. The van der Waals surface area contributed by atoms with Crippen LogP contribution in [-0.2, 0) is 28.7 Å². The van der Waals surface area contributed by atoms with Crippen LogP contribution in [-0.4, -0.2) is 91.0 Å². The van der Waals surface area contributed by atoms with E-state index in [1.807, 2.05) is 0 Å². The molecule has 0 aromatic carbocycles. The summed E-state index contributed by atoms with van der Waals surface area (Å²) in [5, 5.41) is 22.7. The lowest BCUT2D eigenvalue weighted by atomic mass is 9.44. The average Bonchev–Trinajstić information content (AvgIpc) is 4.13. The Kier molecular flexibility index (Phi) is 11.8. The molecule has 2 aromatic heterocycles. The number of halogens is 4. The van der Waals surface area contributed by atoms with E-state index < -0.39 is 164 Å². The Hall–Kier alpha value is -4.17. The lowest BCUT2D eigenvalue weighted by Crippen LogP contribution is -2.70. The standard InChI is InChI=1S/C52H54F4O12S3/c1-25-17-29-31-21-35(53)33-19-27(57)11-13-45(33,3)49(31,55)39(59)23-47(29,5)51(25,67-41(61)37-9-7-15-65-37)43(63)69-71-70-44(64)52(68-42(62)38-10-8-16-66-38)26(2)18-30-32-22-36(54)34-20-28(58)12-14-46(34,4)50(32,56)40(60)24-48(30,52)6/h7-16,19-20,25-26,29-32,35-36,39-40,59-60H,17-18,21-24H2,1-6H3/t25-,26-,29+,30+,31+,32+,35+,36+,39+,40+,45+,46+,47+,48+,49+,50+,51+,52+/m1/s1. The molecule has 2 N–H and O–H groups in total. The monoisotopic (exact) mass is 1040 g/mol. The molecule has 0 saturated heterocycles. The second-order valence-electron chi connectivity index (χ2n) is 22.0. The van der Waals surface area contributed by atoms with E-state index in [-0.39, 0.29) is 35.5 Å². The molecule has 71 heavy (non-hydrogen) atoms. The van der Waals surface area contributed by atoms with Crippen LogP contribution in [0, 0.1) is 57.2 Å². The normalized spacial score (nSPS) is 46.1. The van der Waals surface area contributed by atoms with Gasteiger partial charge in [-0.15, -0.1) is 0 Å². The molecule has 18 atom stereocenters. The number of hydrogen-bond acceptors (Lipinski definition) is 15. The Morgan fingerprint density at radius 1 is 0.634 bits per heavy atom. The number of ketones is 2. The van der Waals surface area contributed by atoms with Crippen LogP contribution in [0.4, 0.5) is 17.6 Å². The van der Waals surface area contributed by atoms with Crippen molar-refractivity contribution in [3.63, 3.8) is 0 Å². The quantitative estimate of drug-likeness (QED) is 0.144. The van der Waals surface area contributed by atoms with Crippen LogP contribution >= 0.6 is 31.4 Å². The molecule has 2 aromatic rings. The van der Waals surface area contributed by atoms with Crippen molar-refractivity contribution >= 4 is 65.1 Å². The van der Waals surface area contributed by atoms with Gasteiger partial charge in [-0.05, 0) is 155 Å². The van der Waals surface area contributed by atoms with Crippen molar-refractivity contribution in [3.8, 4) is 0 Å². The summed E-state index contributed by atoms with van der Waals surface area (Å²) in [5.41, 5.74) is -16.1. The highest BCUT2D eigenvalue weighted by Crippen LogP contribution is 2.75. The highest BCUT2D eigenvalue weighted by Gasteiger charge is 2.80. The second-order valence-corrected chi connectivity index (χ2v) is 25.9. The first-order chi connectivity index (χ1) is 33.3. The molecular weight excluding hydrogens is 989 g/mol. The van der Waals surface area contributed by atoms with Gasteiger partial charge in [0.05, 0.1) is 24.7 Å². The molecule has 19 heteroatoms.